The molecule has 0 aliphatic heterocycles. The lowest BCUT2D eigenvalue weighted by Gasteiger charge is -2.14. The van der Waals surface area contributed by atoms with Crippen LogP contribution in [0.4, 0.5) is 9.18 Å². The van der Waals surface area contributed by atoms with Crippen molar-refractivity contribution >= 4 is 18.1 Å². The third kappa shape index (κ3) is 4.33. The number of nitrogens with two attached hydrogens (primary N) is 1. The van der Waals surface area contributed by atoms with Crippen LogP contribution in [0.2, 0.25) is 0 Å². The van der Waals surface area contributed by atoms with Gasteiger partial charge in [-0.15, -0.1) is 0 Å². The van der Waals surface area contributed by atoms with Gasteiger partial charge in [-0.25, -0.2) is 9.18 Å². The molecule has 1 aliphatic rings. The minimum Gasteiger partial charge on any atom is -0.449 e. The Bertz CT molecular complexity index is 1130. The summed E-state index contributed by atoms with van der Waals surface area (Å²) in [5.41, 5.74) is 10.5. The Kier molecular flexibility index (Phi) is 5.80. The first-order valence-corrected chi connectivity index (χ1v) is 9.89. The first-order valence-electron chi connectivity index (χ1n) is 9.89. The number of nitrogens with one attached hydrogen (secondary N) is 1. The van der Waals surface area contributed by atoms with Gasteiger partial charge in [-0.05, 0) is 46.0 Å². The van der Waals surface area contributed by atoms with Gasteiger partial charge in [-0.1, -0.05) is 60.7 Å². The Morgan fingerprint density at radius 3 is 2.29 bits per heavy atom. The summed E-state index contributed by atoms with van der Waals surface area (Å²) in [6.45, 7) is 0.380. The van der Waals surface area contributed by atoms with E-state index in [-0.39, 0.29) is 24.6 Å². The lowest BCUT2D eigenvalue weighted by molar-refractivity contribution is 0.1000. The standard InChI is InChI=1S/C25H21FN2O3/c26-17-11-12-18(24(27)29)16(14-17)6-5-13-28-25(30)31-15-23-21-9-3-1-7-19(21)20-8-2-4-10-22(20)23/h1-12,14,23H,13,15H2,(H2,27,29)(H,28,30). The van der Waals surface area contributed by atoms with Crippen molar-refractivity contribution in [1.29, 1.82) is 0 Å². The largest absolute Gasteiger partial charge is 0.449 e. The minimum atomic E-state index is -0.649. The molecule has 0 radical (unpaired) electrons. The van der Waals surface area contributed by atoms with Crippen LogP contribution >= 0.6 is 0 Å². The minimum absolute atomic E-state index is 0.0147. The Balaban J connectivity index is 1.35. The molecule has 0 aromatic heterocycles. The molecule has 0 bridgehead atoms. The molecule has 0 saturated heterocycles. The van der Waals surface area contributed by atoms with Crippen LogP contribution in [0.1, 0.15) is 33.0 Å². The van der Waals surface area contributed by atoms with E-state index >= 15 is 0 Å². The summed E-state index contributed by atoms with van der Waals surface area (Å²) in [4.78, 5) is 23.6. The number of fused-ring (bicyclic) bond motifs is 3. The molecule has 3 aromatic rings. The summed E-state index contributed by atoms with van der Waals surface area (Å²) in [7, 11) is 0. The first-order chi connectivity index (χ1) is 15.0. The van der Waals surface area contributed by atoms with Gasteiger partial charge in [0.1, 0.15) is 12.4 Å². The van der Waals surface area contributed by atoms with Crippen molar-refractivity contribution in [1.82, 2.24) is 5.32 Å². The molecule has 4 rings (SSSR count). The maximum atomic E-state index is 13.4. The second-order valence-corrected chi connectivity index (χ2v) is 7.20. The molecule has 31 heavy (non-hydrogen) atoms. The van der Waals surface area contributed by atoms with Crippen LogP contribution in [-0.2, 0) is 4.74 Å². The Hall–Kier alpha value is -3.93. The second kappa shape index (κ2) is 8.83. The van der Waals surface area contributed by atoms with Crippen LogP contribution in [-0.4, -0.2) is 25.2 Å². The van der Waals surface area contributed by atoms with Gasteiger partial charge in [0, 0.05) is 18.0 Å². The number of ether oxygens (including phenoxy) is 1. The molecule has 0 spiro atoms. The summed E-state index contributed by atoms with van der Waals surface area (Å²) >= 11 is 0. The molecule has 0 fully saturated rings. The van der Waals surface area contributed by atoms with Gasteiger partial charge in [-0.3, -0.25) is 4.79 Å². The van der Waals surface area contributed by atoms with Crippen LogP contribution in [0.25, 0.3) is 17.2 Å². The Morgan fingerprint density at radius 1 is 1.00 bits per heavy atom. The summed E-state index contributed by atoms with van der Waals surface area (Å²) in [6, 6.07) is 19.9. The summed E-state index contributed by atoms with van der Waals surface area (Å²) in [5, 5.41) is 2.63. The van der Waals surface area contributed by atoms with Crippen molar-refractivity contribution in [3.8, 4) is 11.1 Å². The van der Waals surface area contributed by atoms with Gasteiger partial charge in [0.2, 0.25) is 5.91 Å². The van der Waals surface area contributed by atoms with E-state index in [1.165, 1.54) is 24.3 Å². The number of hydrogen-bond acceptors (Lipinski definition) is 3. The maximum Gasteiger partial charge on any atom is 0.407 e. The van der Waals surface area contributed by atoms with Crippen molar-refractivity contribution < 1.29 is 18.7 Å². The van der Waals surface area contributed by atoms with E-state index in [9.17, 15) is 14.0 Å². The lowest BCUT2D eigenvalue weighted by atomic mass is 9.98. The van der Waals surface area contributed by atoms with Crippen molar-refractivity contribution in [2.45, 2.75) is 5.92 Å². The molecule has 156 valence electrons. The van der Waals surface area contributed by atoms with Crippen LogP contribution in [0.3, 0.4) is 0 Å². The maximum absolute atomic E-state index is 13.4. The highest BCUT2D eigenvalue weighted by atomic mass is 19.1. The van der Waals surface area contributed by atoms with Gasteiger partial charge < -0.3 is 15.8 Å². The SMILES string of the molecule is NC(=O)c1ccc(F)cc1C=CCNC(=O)OCC1c2ccccc2-c2ccccc21. The molecule has 3 N–H and O–H groups in total. The van der Waals surface area contributed by atoms with Crippen LogP contribution in [0, 0.1) is 5.82 Å². The number of alkyl carbamates (subject to hydrolysis) is 1. The number of carbonyl (C=O) groups is 2. The fourth-order valence-electron chi connectivity index (χ4n) is 3.87. The van der Waals surface area contributed by atoms with E-state index in [4.69, 9.17) is 10.5 Å². The number of rotatable bonds is 6. The van der Waals surface area contributed by atoms with Crippen LogP contribution < -0.4 is 11.1 Å². The quantitative estimate of drug-likeness (QED) is 0.622. The molecule has 0 atom stereocenters. The highest BCUT2D eigenvalue weighted by molar-refractivity contribution is 5.96. The molecule has 3 aromatic carbocycles. The smallest absolute Gasteiger partial charge is 0.407 e. The average molecular weight is 416 g/mol. The number of amides is 2. The number of benzene rings is 3. The summed E-state index contributed by atoms with van der Waals surface area (Å²) < 4.78 is 18.9. The molecule has 5 nitrogen and oxygen atoms in total. The van der Waals surface area contributed by atoms with E-state index in [0.29, 0.717) is 5.56 Å². The third-order valence-corrected chi connectivity index (χ3v) is 5.28. The lowest BCUT2D eigenvalue weighted by Crippen LogP contribution is -2.26. The molecular weight excluding hydrogens is 395 g/mol. The van der Waals surface area contributed by atoms with E-state index in [1.54, 1.807) is 6.08 Å². The predicted molar refractivity (Wildman–Crippen MR) is 117 cm³/mol. The molecule has 0 unspecified atom stereocenters. The van der Waals surface area contributed by atoms with Gasteiger partial charge in [-0.2, -0.15) is 0 Å². The molecule has 2 amide bonds. The molecule has 0 heterocycles. The van der Waals surface area contributed by atoms with Crippen molar-refractivity contribution in [2.24, 2.45) is 5.73 Å². The topological polar surface area (TPSA) is 81.4 Å². The fourth-order valence-corrected chi connectivity index (χ4v) is 3.87. The first kappa shape index (κ1) is 20.3. The highest BCUT2D eigenvalue weighted by Gasteiger charge is 2.28. The number of primary amides is 1. The third-order valence-electron chi connectivity index (χ3n) is 5.28. The zero-order chi connectivity index (χ0) is 21.8. The van der Waals surface area contributed by atoms with Crippen LogP contribution in [0.5, 0.6) is 0 Å². The number of halogens is 1. The second-order valence-electron chi connectivity index (χ2n) is 7.20. The summed E-state index contributed by atoms with van der Waals surface area (Å²) in [5.74, 6) is -1.14. The van der Waals surface area contributed by atoms with E-state index in [2.05, 4.69) is 29.6 Å². The molecular formula is C25H21FN2O3. The van der Waals surface area contributed by atoms with E-state index in [0.717, 1.165) is 22.3 Å². The zero-order valence-corrected chi connectivity index (χ0v) is 16.7. The molecule has 0 saturated carbocycles. The average Bonchev–Trinajstić information content (AvgIpc) is 3.09. The molecule has 6 heteroatoms. The van der Waals surface area contributed by atoms with Crippen LogP contribution in [0.15, 0.2) is 72.8 Å². The van der Waals surface area contributed by atoms with Crippen molar-refractivity contribution in [2.75, 3.05) is 13.2 Å². The van der Waals surface area contributed by atoms with Gasteiger partial charge in [0.05, 0.1) is 0 Å². The normalized spacial score (nSPS) is 12.4. The predicted octanol–water partition coefficient (Wildman–Crippen LogP) is 4.48. The summed E-state index contributed by atoms with van der Waals surface area (Å²) in [6.07, 6.45) is 2.58. The van der Waals surface area contributed by atoms with Gasteiger partial charge in [0.25, 0.3) is 0 Å². The van der Waals surface area contributed by atoms with Gasteiger partial charge >= 0.3 is 6.09 Å². The van der Waals surface area contributed by atoms with Gasteiger partial charge in [0.15, 0.2) is 0 Å². The number of carbonyl (C=O) groups excluding carboxylic acids is 2. The zero-order valence-electron chi connectivity index (χ0n) is 16.7. The fraction of sp³-hybridized carbons (Fsp3) is 0.120. The molecule has 1 aliphatic carbocycles. The Labute approximate surface area is 179 Å². The number of hydrogen-bond donors (Lipinski definition) is 2. The van der Waals surface area contributed by atoms with Crippen molar-refractivity contribution in [3.05, 3.63) is 101 Å². The monoisotopic (exact) mass is 416 g/mol. The van der Waals surface area contributed by atoms with Crippen molar-refractivity contribution in [3.63, 3.8) is 0 Å². The Morgan fingerprint density at radius 2 is 1.65 bits per heavy atom. The van der Waals surface area contributed by atoms with E-state index in [1.807, 2.05) is 24.3 Å². The van der Waals surface area contributed by atoms with E-state index < -0.39 is 17.8 Å². The highest BCUT2D eigenvalue weighted by Crippen LogP contribution is 2.44.